The number of carbonyl (C=O) groups is 1. The van der Waals surface area contributed by atoms with Gasteiger partial charge in [-0.05, 0) is 37.3 Å². The van der Waals surface area contributed by atoms with Crippen molar-refractivity contribution >= 4 is 5.97 Å². The Bertz CT molecular complexity index is 530. The van der Waals surface area contributed by atoms with Crippen molar-refractivity contribution in [3.63, 3.8) is 0 Å². The lowest BCUT2D eigenvalue weighted by Gasteiger charge is -2.29. The summed E-state index contributed by atoms with van der Waals surface area (Å²) in [6.07, 6.45) is 2.20. The van der Waals surface area contributed by atoms with E-state index in [4.69, 9.17) is 4.74 Å². The molecule has 0 bridgehead atoms. The summed E-state index contributed by atoms with van der Waals surface area (Å²) in [6.45, 7) is 12.1. The van der Waals surface area contributed by atoms with Crippen LogP contribution in [-0.2, 0) is 10.2 Å². The van der Waals surface area contributed by atoms with Gasteiger partial charge in [0.25, 0.3) is 0 Å². The molecule has 0 saturated heterocycles. The van der Waals surface area contributed by atoms with E-state index in [1.54, 1.807) is 0 Å². The normalized spacial score (nSPS) is 26.5. The highest BCUT2D eigenvalue weighted by molar-refractivity contribution is 5.70. The van der Waals surface area contributed by atoms with Crippen LogP contribution in [0.5, 0.6) is 5.75 Å². The molecular formula is C17H22O2. The van der Waals surface area contributed by atoms with Gasteiger partial charge in [0, 0.05) is 17.9 Å². The quantitative estimate of drug-likeness (QED) is 0.452. The maximum Gasteiger partial charge on any atom is 0.308 e. The Labute approximate surface area is 115 Å². The zero-order valence-electron chi connectivity index (χ0n) is 12.2. The van der Waals surface area contributed by atoms with E-state index in [9.17, 15) is 4.79 Å². The number of esters is 1. The van der Waals surface area contributed by atoms with Gasteiger partial charge in [-0.15, -0.1) is 0 Å². The van der Waals surface area contributed by atoms with Crippen molar-refractivity contribution in [2.24, 2.45) is 5.92 Å². The summed E-state index contributed by atoms with van der Waals surface area (Å²) in [5.74, 6) is 0.939. The van der Waals surface area contributed by atoms with Gasteiger partial charge in [0.2, 0.25) is 0 Å². The predicted octanol–water partition coefficient (Wildman–Crippen LogP) is 4.16. The summed E-state index contributed by atoms with van der Waals surface area (Å²) in [5.41, 5.74) is 3.34. The highest BCUT2D eigenvalue weighted by atomic mass is 16.5. The molecule has 0 N–H and O–H groups in total. The van der Waals surface area contributed by atoms with Crippen LogP contribution in [0.1, 0.15) is 44.7 Å². The molecule has 1 aromatic rings. The summed E-state index contributed by atoms with van der Waals surface area (Å²) >= 11 is 0. The van der Waals surface area contributed by atoms with Crippen molar-refractivity contribution in [1.29, 1.82) is 0 Å². The second kappa shape index (κ2) is 4.84. The summed E-state index contributed by atoms with van der Waals surface area (Å²) in [4.78, 5) is 11.3. The average molecular weight is 258 g/mol. The molecule has 2 nitrogen and oxygen atoms in total. The number of carbonyl (C=O) groups excluding carboxylic acids is 1. The molecule has 0 radical (unpaired) electrons. The van der Waals surface area contributed by atoms with Crippen LogP contribution < -0.4 is 4.74 Å². The largest absolute Gasteiger partial charge is 0.426 e. The lowest BCUT2D eigenvalue weighted by Crippen LogP contribution is -2.22. The maximum absolute atomic E-state index is 11.3. The molecule has 0 aliphatic heterocycles. The molecule has 0 aromatic heterocycles. The first-order valence-corrected chi connectivity index (χ1v) is 6.83. The first-order chi connectivity index (χ1) is 8.84. The van der Waals surface area contributed by atoms with E-state index in [-0.39, 0.29) is 11.4 Å². The summed E-state index contributed by atoms with van der Waals surface area (Å²) in [6, 6.07) is 6.10. The molecular weight excluding hydrogens is 236 g/mol. The van der Waals surface area contributed by atoms with E-state index in [1.807, 2.05) is 13.0 Å². The molecule has 1 aromatic carbocycles. The van der Waals surface area contributed by atoms with Crippen LogP contribution in [0.3, 0.4) is 0 Å². The van der Waals surface area contributed by atoms with Crippen LogP contribution in [0.25, 0.3) is 0 Å². The average Bonchev–Trinajstić information content (AvgIpc) is 2.57. The van der Waals surface area contributed by atoms with Gasteiger partial charge >= 0.3 is 5.97 Å². The third-order valence-corrected chi connectivity index (χ3v) is 4.37. The van der Waals surface area contributed by atoms with Gasteiger partial charge in [0.05, 0.1) is 0 Å². The molecule has 1 aliphatic rings. The van der Waals surface area contributed by atoms with E-state index in [2.05, 4.69) is 32.6 Å². The van der Waals surface area contributed by atoms with Gasteiger partial charge in [-0.2, -0.15) is 0 Å². The van der Waals surface area contributed by atoms with Gasteiger partial charge in [0.1, 0.15) is 5.75 Å². The van der Waals surface area contributed by atoms with E-state index in [0.29, 0.717) is 11.7 Å². The lowest BCUT2D eigenvalue weighted by molar-refractivity contribution is -0.131. The SMILES string of the molecule is C=C1C(C)CCC1(C)c1ccc(C)cc1OC(C)=O. The van der Waals surface area contributed by atoms with Crippen LogP contribution in [0.4, 0.5) is 0 Å². The van der Waals surface area contributed by atoms with Gasteiger partial charge in [-0.3, -0.25) is 4.79 Å². The standard InChI is InChI=1S/C17H22O2/c1-11-6-7-15(16(10-11)19-14(4)18)17(5)9-8-12(2)13(17)3/h6-7,10,12H,3,8-9H2,1-2,4-5H3. The number of hydrogen-bond donors (Lipinski definition) is 0. The Kier molecular flexibility index (Phi) is 3.53. The van der Waals surface area contributed by atoms with Gasteiger partial charge in [-0.1, -0.05) is 38.1 Å². The van der Waals surface area contributed by atoms with Gasteiger partial charge < -0.3 is 4.74 Å². The van der Waals surface area contributed by atoms with Crippen molar-refractivity contribution in [3.8, 4) is 5.75 Å². The van der Waals surface area contributed by atoms with E-state index < -0.39 is 0 Å². The molecule has 19 heavy (non-hydrogen) atoms. The van der Waals surface area contributed by atoms with Gasteiger partial charge in [0.15, 0.2) is 0 Å². The summed E-state index contributed by atoms with van der Waals surface area (Å²) in [5, 5.41) is 0. The van der Waals surface area contributed by atoms with Crippen molar-refractivity contribution < 1.29 is 9.53 Å². The predicted molar refractivity (Wildman–Crippen MR) is 77.4 cm³/mol. The molecule has 0 heterocycles. The van der Waals surface area contributed by atoms with Crippen LogP contribution >= 0.6 is 0 Å². The monoisotopic (exact) mass is 258 g/mol. The van der Waals surface area contributed by atoms with Crippen LogP contribution in [-0.4, -0.2) is 5.97 Å². The fourth-order valence-corrected chi connectivity index (χ4v) is 3.02. The third-order valence-electron chi connectivity index (χ3n) is 4.37. The lowest BCUT2D eigenvalue weighted by atomic mass is 9.76. The molecule has 1 aliphatic carbocycles. The van der Waals surface area contributed by atoms with Crippen molar-refractivity contribution in [3.05, 3.63) is 41.5 Å². The smallest absolute Gasteiger partial charge is 0.308 e. The number of benzene rings is 1. The first kappa shape index (κ1) is 13.9. The summed E-state index contributed by atoms with van der Waals surface area (Å²) in [7, 11) is 0. The maximum atomic E-state index is 11.3. The Hall–Kier alpha value is -1.57. The van der Waals surface area contributed by atoms with Crippen molar-refractivity contribution in [2.75, 3.05) is 0 Å². The highest BCUT2D eigenvalue weighted by Gasteiger charge is 2.40. The van der Waals surface area contributed by atoms with Gasteiger partial charge in [-0.25, -0.2) is 0 Å². The zero-order chi connectivity index (χ0) is 14.2. The number of rotatable bonds is 2. The third kappa shape index (κ3) is 2.44. The molecule has 102 valence electrons. The number of ether oxygens (including phenoxy) is 1. The minimum atomic E-state index is -0.271. The topological polar surface area (TPSA) is 26.3 Å². The molecule has 1 saturated carbocycles. The number of allylic oxidation sites excluding steroid dienone is 1. The molecule has 2 heteroatoms. The second-order valence-corrected chi connectivity index (χ2v) is 5.89. The van der Waals surface area contributed by atoms with Crippen LogP contribution in [0.2, 0.25) is 0 Å². The number of aryl methyl sites for hydroxylation is 1. The Morgan fingerprint density at radius 2 is 2.16 bits per heavy atom. The molecule has 2 atom stereocenters. The molecule has 2 rings (SSSR count). The van der Waals surface area contributed by atoms with E-state index >= 15 is 0 Å². The minimum absolute atomic E-state index is 0.0854. The van der Waals surface area contributed by atoms with Crippen LogP contribution in [0.15, 0.2) is 30.4 Å². The Balaban J connectivity index is 2.50. The zero-order valence-corrected chi connectivity index (χ0v) is 12.2. The highest BCUT2D eigenvalue weighted by Crippen LogP contribution is 2.49. The summed E-state index contributed by atoms with van der Waals surface area (Å²) < 4.78 is 5.41. The second-order valence-electron chi connectivity index (χ2n) is 5.89. The minimum Gasteiger partial charge on any atom is -0.426 e. The molecule has 0 spiro atoms. The Morgan fingerprint density at radius 3 is 2.68 bits per heavy atom. The first-order valence-electron chi connectivity index (χ1n) is 6.83. The molecule has 1 fully saturated rings. The fourth-order valence-electron chi connectivity index (χ4n) is 3.02. The fraction of sp³-hybridized carbons (Fsp3) is 0.471. The number of hydrogen-bond acceptors (Lipinski definition) is 2. The molecule has 0 amide bonds. The van der Waals surface area contributed by atoms with E-state index in [1.165, 1.54) is 12.5 Å². The van der Waals surface area contributed by atoms with E-state index in [0.717, 1.165) is 24.0 Å². The van der Waals surface area contributed by atoms with Crippen LogP contribution in [0, 0.1) is 12.8 Å². The van der Waals surface area contributed by atoms with Crippen molar-refractivity contribution in [2.45, 2.75) is 46.0 Å². The Morgan fingerprint density at radius 1 is 1.47 bits per heavy atom. The molecule has 2 unspecified atom stereocenters. The van der Waals surface area contributed by atoms with Crippen molar-refractivity contribution in [1.82, 2.24) is 0 Å².